The zero-order valence-electron chi connectivity index (χ0n) is 13.6. The normalized spacial score (nSPS) is 10.8. The van der Waals surface area contributed by atoms with Gasteiger partial charge in [-0.1, -0.05) is 42.0 Å². The van der Waals surface area contributed by atoms with Crippen molar-refractivity contribution in [1.29, 1.82) is 0 Å². The van der Waals surface area contributed by atoms with E-state index in [-0.39, 0.29) is 11.5 Å². The summed E-state index contributed by atoms with van der Waals surface area (Å²) in [5.74, 6) is -1.28. The van der Waals surface area contributed by atoms with Gasteiger partial charge in [-0.25, -0.2) is 9.18 Å². The van der Waals surface area contributed by atoms with E-state index >= 15 is 0 Å². The first-order valence-corrected chi connectivity index (χ1v) is 7.70. The van der Waals surface area contributed by atoms with Gasteiger partial charge < -0.3 is 9.67 Å². The molecule has 3 rings (SSSR count). The molecule has 0 fully saturated rings. The van der Waals surface area contributed by atoms with Crippen molar-refractivity contribution in [3.05, 3.63) is 82.9 Å². The summed E-state index contributed by atoms with van der Waals surface area (Å²) >= 11 is 0. The summed E-state index contributed by atoms with van der Waals surface area (Å²) in [6, 6.07) is 13.9. The van der Waals surface area contributed by atoms with Crippen LogP contribution in [0.15, 0.2) is 54.7 Å². The van der Waals surface area contributed by atoms with Gasteiger partial charge in [0.1, 0.15) is 11.5 Å². The lowest BCUT2D eigenvalue weighted by atomic mass is 10.0. The molecule has 2 aromatic carbocycles. The van der Waals surface area contributed by atoms with Crippen LogP contribution < -0.4 is 0 Å². The van der Waals surface area contributed by atoms with Crippen molar-refractivity contribution >= 4 is 5.97 Å². The highest BCUT2D eigenvalue weighted by Crippen LogP contribution is 2.30. The van der Waals surface area contributed by atoms with Crippen LogP contribution in [0, 0.1) is 19.7 Å². The Balaban J connectivity index is 2.07. The predicted octanol–water partition coefficient (Wildman–Crippen LogP) is 4.66. The molecule has 0 saturated heterocycles. The van der Waals surface area contributed by atoms with Gasteiger partial charge in [0.15, 0.2) is 0 Å². The second-order valence-corrected chi connectivity index (χ2v) is 5.96. The molecule has 0 saturated carbocycles. The zero-order chi connectivity index (χ0) is 17.3. The number of rotatable bonds is 4. The number of hydrogen-bond acceptors (Lipinski definition) is 1. The first kappa shape index (κ1) is 16.0. The molecule has 0 radical (unpaired) electrons. The maximum Gasteiger partial charge on any atom is 0.353 e. The van der Waals surface area contributed by atoms with E-state index in [9.17, 15) is 14.3 Å². The maximum atomic E-state index is 13.1. The smallest absolute Gasteiger partial charge is 0.353 e. The van der Waals surface area contributed by atoms with Crippen LogP contribution >= 0.6 is 0 Å². The number of hydrogen-bond donors (Lipinski definition) is 1. The number of aromatic carboxylic acids is 1. The fraction of sp³-hybridized carbons (Fsp3) is 0.150. The lowest BCUT2D eigenvalue weighted by molar-refractivity contribution is 0.0686. The second-order valence-electron chi connectivity index (χ2n) is 5.96. The molecule has 0 unspecified atom stereocenters. The van der Waals surface area contributed by atoms with Crippen LogP contribution in [-0.4, -0.2) is 15.6 Å². The Kier molecular flexibility index (Phi) is 4.21. The van der Waals surface area contributed by atoms with Crippen molar-refractivity contribution < 1.29 is 14.3 Å². The molecule has 0 aliphatic rings. The van der Waals surface area contributed by atoms with Crippen molar-refractivity contribution in [2.75, 3.05) is 0 Å². The van der Waals surface area contributed by atoms with E-state index in [1.54, 1.807) is 16.7 Å². The number of carboxylic acid groups (broad SMARTS) is 1. The standard InChI is InChI=1S/C20H18FNO2/c1-13-3-7-16(8-4-13)18-14(2)11-22(19(18)20(23)24)12-15-5-9-17(21)10-6-15/h3-11H,12H2,1-2H3,(H,23,24). The van der Waals surface area contributed by atoms with Gasteiger partial charge in [0, 0.05) is 18.3 Å². The van der Waals surface area contributed by atoms with Crippen molar-refractivity contribution in [3.8, 4) is 11.1 Å². The minimum atomic E-state index is -0.971. The summed E-state index contributed by atoms with van der Waals surface area (Å²) in [5.41, 5.74) is 4.74. The monoisotopic (exact) mass is 323 g/mol. The molecular weight excluding hydrogens is 305 g/mol. The highest BCUT2D eigenvalue weighted by Gasteiger charge is 2.20. The van der Waals surface area contributed by atoms with Crippen LogP contribution in [0.3, 0.4) is 0 Å². The van der Waals surface area contributed by atoms with Crippen molar-refractivity contribution in [2.24, 2.45) is 0 Å². The zero-order valence-corrected chi connectivity index (χ0v) is 13.6. The van der Waals surface area contributed by atoms with Crippen LogP contribution in [0.1, 0.15) is 27.2 Å². The average molecular weight is 323 g/mol. The Bertz CT molecular complexity index is 877. The van der Waals surface area contributed by atoms with E-state index in [1.165, 1.54) is 12.1 Å². The number of benzene rings is 2. The van der Waals surface area contributed by atoms with Gasteiger partial charge in [0.05, 0.1) is 0 Å². The fourth-order valence-electron chi connectivity index (χ4n) is 2.92. The number of nitrogens with zero attached hydrogens (tertiary/aromatic N) is 1. The molecule has 3 aromatic rings. The first-order chi connectivity index (χ1) is 11.5. The quantitative estimate of drug-likeness (QED) is 0.759. The third-order valence-corrected chi connectivity index (χ3v) is 4.08. The van der Waals surface area contributed by atoms with Gasteiger partial charge in [-0.2, -0.15) is 0 Å². The molecule has 0 aliphatic heterocycles. The molecule has 0 bridgehead atoms. The Morgan fingerprint density at radius 3 is 2.25 bits per heavy atom. The average Bonchev–Trinajstić information content (AvgIpc) is 2.87. The fourth-order valence-corrected chi connectivity index (χ4v) is 2.92. The number of aromatic nitrogens is 1. The van der Waals surface area contributed by atoms with E-state index in [2.05, 4.69) is 0 Å². The maximum absolute atomic E-state index is 13.1. The minimum absolute atomic E-state index is 0.251. The molecular formula is C20H18FNO2. The van der Waals surface area contributed by atoms with E-state index in [0.29, 0.717) is 6.54 Å². The Labute approximate surface area is 140 Å². The molecule has 0 aliphatic carbocycles. The second kappa shape index (κ2) is 6.32. The number of halogens is 1. The summed E-state index contributed by atoms with van der Waals surface area (Å²) in [4.78, 5) is 11.9. The molecule has 3 nitrogen and oxygen atoms in total. The van der Waals surface area contributed by atoms with Gasteiger partial charge >= 0.3 is 5.97 Å². The summed E-state index contributed by atoms with van der Waals surface area (Å²) in [5, 5.41) is 9.72. The molecule has 1 aromatic heterocycles. The third kappa shape index (κ3) is 3.08. The van der Waals surface area contributed by atoms with Crippen LogP contribution in [0.25, 0.3) is 11.1 Å². The van der Waals surface area contributed by atoms with Crippen molar-refractivity contribution in [3.63, 3.8) is 0 Å². The highest BCUT2D eigenvalue weighted by molar-refractivity contribution is 5.96. The molecule has 0 atom stereocenters. The Morgan fingerprint density at radius 2 is 1.67 bits per heavy atom. The molecule has 0 amide bonds. The van der Waals surface area contributed by atoms with E-state index in [0.717, 1.165) is 27.8 Å². The van der Waals surface area contributed by atoms with Crippen molar-refractivity contribution in [2.45, 2.75) is 20.4 Å². The Hall–Kier alpha value is -2.88. The molecule has 122 valence electrons. The summed E-state index contributed by atoms with van der Waals surface area (Å²) in [6.07, 6.45) is 1.84. The van der Waals surface area contributed by atoms with Gasteiger partial charge in [-0.3, -0.25) is 0 Å². The lowest BCUT2D eigenvalue weighted by Crippen LogP contribution is -2.10. The predicted molar refractivity (Wildman–Crippen MR) is 91.8 cm³/mol. The summed E-state index contributed by atoms with van der Waals surface area (Å²) < 4.78 is 14.8. The van der Waals surface area contributed by atoms with Gasteiger partial charge in [-0.15, -0.1) is 0 Å². The Morgan fingerprint density at radius 1 is 1.04 bits per heavy atom. The molecule has 1 N–H and O–H groups in total. The van der Waals surface area contributed by atoms with E-state index < -0.39 is 5.97 Å². The van der Waals surface area contributed by atoms with Crippen LogP contribution in [0.5, 0.6) is 0 Å². The lowest BCUT2D eigenvalue weighted by Gasteiger charge is -2.09. The first-order valence-electron chi connectivity index (χ1n) is 7.70. The van der Waals surface area contributed by atoms with Crippen LogP contribution in [0.2, 0.25) is 0 Å². The van der Waals surface area contributed by atoms with Gasteiger partial charge in [0.25, 0.3) is 0 Å². The SMILES string of the molecule is Cc1ccc(-c2c(C)cn(Cc3ccc(F)cc3)c2C(=O)O)cc1. The molecule has 0 spiro atoms. The van der Waals surface area contributed by atoms with Crippen LogP contribution in [0.4, 0.5) is 4.39 Å². The van der Waals surface area contributed by atoms with Gasteiger partial charge in [0.2, 0.25) is 0 Å². The van der Waals surface area contributed by atoms with Crippen molar-refractivity contribution in [1.82, 2.24) is 4.57 Å². The highest BCUT2D eigenvalue weighted by atomic mass is 19.1. The number of carboxylic acids is 1. The largest absolute Gasteiger partial charge is 0.477 e. The minimum Gasteiger partial charge on any atom is -0.477 e. The molecule has 4 heteroatoms. The van der Waals surface area contributed by atoms with E-state index in [4.69, 9.17) is 0 Å². The summed E-state index contributed by atoms with van der Waals surface area (Å²) in [7, 11) is 0. The number of carbonyl (C=O) groups is 1. The topological polar surface area (TPSA) is 42.2 Å². The number of aryl methyl sites for hydroxylation is 2. The molecule has 24 heavy (non-hydrogen) atoms. The molecule has 1 heterocycles. The summed E-state index contributed by atoms with van der Waals surface area (Å²) in [6.45, 7) is 4.28. The van der Waals surface area contributed by atoms with Gasteiger partial charge in [-0.05, 0) is 42.7 Å². The third-order valence-electron chi connectivity index (χ3n) is 4.08. The van der Waals surface area contributed by atoms with Crippen LogP contribution in [-0.2, 0) is 6.54 Å². The van der Waals surface area contributed by atoms with E-state index in [1.807, 2.05) is 44.3 Å².